The van der Waals surface area contributed by atoms with Crippen LogP contribution in [0, 0.1) is 69.8 Å². The van der Waals surface area contributed by atoms with Crippen LogP contribution in [0.1, 0.15) is 34.1 Å². The minimum atomic E-state index is -5.20. The van der Waals surface area contributed by atoms with Gasteiger partial charge in [-0.3, -0.25) is 9.59 Å². The summed E-state index contributed by atoms with van der Waals surface area (Å²) in [6, 6.07) is 6.15. The highest BCUT2D eigenvalue weighted by molar-refractivity contribution is 5.96. The fraction of sp³-hybridized carbons (Fsp3) is 0.429. The predicted molar refractivity (Wildman–Crippen MR) is 120 cm³/mol. The Morgan fingerprint density at radius 3 is 1.29 bits per heavy atom. The molecule has 2 aromatic carbocycles. The van der Waals surface area contributed by atoms with Crippen molar-refractivity contribution in [2.45, 2.75) is 36.5 Å². The summed E-state index contributed by atoms with van der Waals surface area (Å²) in [6.07, 6.45) is -15.4. The maximum atomic E-state index is 16.3. The van der Waals surface area contributed by atoms with Crippen LogP contribution in [0.15, 0.2) is 36.4 Å². The monoisotopic (exact) mass is 602 g/mol. The van der Waals surface area contributed by atoms with Crippen LogP contribution in [0.5, 0.6) is 0 Å². The lowest BCUT2D eigenvalue weighted by Crippen LogP contribution is -2.51. The molecular weight excluding hydrogens is 586 g/mol. The standard InChI is InChI=1S/C28H16F10N2O2/c29-15-3-1-9(5-13(15)27(33,34)35)17-11(7-39)19-21(25(17)41)24(32)22-20(23(19)31)12(8-40)18(26(22)42)10-2-4-16(30)14(6-10)28(36,37)38/h1-6,11-12,17-24H. The van der Waals surface area contributed by atoms with Crippen molar-refractivity contribution >= 4 is 11.6 Å². The van der Waals surface area contributed by atoms with Gasteiger partial charge < -0.3 is 0 Å². The number of fused-ring (bicyclic) bond motifs is 2. The first-order valence-electron chi connectivity index (χ1n) is 12.4. The molecule has 3 saturated carbocycles. The number of Topliss-reactive ketones (excluding diaryl/α,β-unsaturated/α-hetero) is 2. The van der Waals surface area contributed by atoms with Crippen molar-refractivity contribution in [3.05, 3.63) is 70.3 Å². The first-order chi connectivity index (χ1) is 19.5. The average molecular weight is 602 g/mol. The molecule has 0 N–H and O–H groups in total. The molecule has 0 aliphatic heterocycles. The molecule has 220 valence electrons. The van der Waals surface area contributed by atoms with Gasteiger partial charge in [0.1, 0.15) is 35.5 Å². The number of halogens is 10. The number of carbonyl (C=O) groups is 2. The van der Waals surface area contributed by atoms with Gasteiger partial charge in [-0.25, -0.2) is 17.6 Å². The second-order valence-electron chi connectivity index (χ2n) is 10.6. The summed E-state index contributed by atoms with van der Waals surface area (Å²) in [7, 11) is 0. The van der Waals surface area contributed by atoms with E-state index in [9.17, 15) is 55.2 Å². The Kier molecular flexibility index (Phi) is 6.91. The van der Waals surface area contributed by atoms with Gasteiger partial charge in [-0.2, -0.15) is 36.9 Å². The van der Waals surface area contributed by atoms with Crippen LogP contribution in [0.3, 0.4) is 0 Å². The molecule has 0 radical (unpaired) electrons. The molecule has 8 unspecified atom stereocenters. The van der Waals surface area contributed by atoms with Gasteiger partial charge in [0.2, 0.25) is 0 Å². The minimum absolute atomic E-state index is 0.271. The van der Waals surface area contributed by atoms with Gasteiger partial charge in [-0.05, 0) is 35.4 Å². The van der Waals surface area contributed by atoms with Gasteiger partial charge in [0, 0.05) is 11.8 Å². The smallest absolute Gasteiger partial charge is 0.299 e. The number of hydrogen-bond acceptors (Lipinski definition) is 4. The van der Waals surface area contributed by atoms with E-state index in [1.807, 2.05) is 0 Å². The molecule has 42 heavy (non-hydrogen) atoms. The lowest BCUT2D eigenvalue weighted by Gasteiger charge is -2.40. The molecule has 2 aromatic rings. The number of hydrogen-bond donors (Lipinski definition) is 0. The van der Waals surface area contributed by atoms with E-state index >= 15 is 8.78 Å². The average Bonchev–Trinajstić information content (AvgIpc) is 3.38. The molecule has 0 aromatic heterocycles. The molecule has 0 spiro atoms. The second kappa shape index (κ2) is 9.82. The largest absolute Gasteiger partial charge is 0.419 e. The van der Waals surface area contributed by atoms with Crippen molar-refractivity contribution in [2.75, 3.05) is 0 Å². The summed E-state index contributed by atoms with van der Waals surface area (Å²) < 4.78 is 140. The Balaban J connectivity index is 1.57. The van der Waals surface area contributed by atoms with Crippen LogP contribution in [0.2, 0.25) is 0 Å². The molecule has 0 saturated heterocycles. The van der Waals surface area contributed by atoms with Gasteiger partial charge in [0.25, 0.3) is 0 Å². The number of carbonyl (C=O) groups excluding carboxylic acids is 2. The van der Waals surface area contributed by atoms with E-state index in [4.69, 9.17) is 0 Å². The van der Waals surface area contributed by atoms with E-state index in [1.165, 1.54) is 0 Å². The maximum absolute atomic E-state index is 16.3. The fourth-order valence-electron chi connectivity index (χ4n) is 7.02. The molecule has 3 fully saturated rings. The van der Waals surface area contributed by atoms with Crippen molar-refractivity contribution in [3.8, 4) is 12.1 Å². The molecule has 14 heteroatoms. The Bertz CT molecular complexity index is 1440. The predicted octanol–water partition coefficient (Wildman–Crippen LogP) is 6.47. The van der Waals surface area contributed by atoms with Crippen molar-refractivity contribution in [2.24, 2.45) is 35.5 Å². The lowest BCUT2D eigenvalue weighted by atomic mass is 9.64. The molecule has 0 heterocycles. The molecule has 0 amide bonds. The zero-order chi connectivity index (χ0) is 31.0. The Hall–Kier alpha value is -3.94. The highest BCUT2D eigenvalue weighted by Crippen LogP contribution is 2.61. The quantitative estimate of drug-likeness (QED) is 0.369. The zero-order valence-corrected chi connectivity index (χ0v) is 20.7. The van der Waals surface area contributed by atoms with Crippen LogP contribution in [0.25, 0.3) is 0 Å². The number of rotatable bonds is 2. The highest BCUT2D eigenvalue weighted by Gasteiger charge is 2.69. The Labute approximate surface area is 230 Å². The summed E-state index contributed by atoms with van der Waals surface area (Å²) in [5.74, 6) is -20.7. The van der Waals surface area contributed by atoms with Gasteiger partial charge >= 0.3 is 12.4 Å². The SMILES string of the molecule is N#CC1C(c2ccc(F)c(C(F)(F)F)c2)C(=O)C2C(F)C3C(=O)C(c4ccc(F)c(C(F)(F)F)c4)C(C#N)C3C(F)C12. The number of benzene rings is 2. The first-order valence-corrected chi connectivity index (χ1v) is 12.4. The third-order valence-corrected chi connectivity index (χ3v) is 8.68. The van der Waals surface area contributed by atoms with E-state index in [-0.39, 0.29) is 12.1 Å². The summed E-state index contributed by atoms with van der Waals surface area (Å²) in [5, 5.41) is 19.7. The molecular formula is C28H16F10N2O2. The van der Waals surface area contributed by atoms with Gasteiger partial charge in [-0.1, -0.05) is 12.1 Å². The van der Waals surface area contributed by atoms with Crippen LogP contribution in [-0.2, 0) is 21.9 Å². The van der Waals surface area contributed by atoms with E-state index in [1.54, 1.807) is 12.1 Å². The van der Waals surface area contributed by atoms with Crippen molar-refractivity contribution in [1.82, 2.24) is 0 Å². The summed E-state index contributed by atoms with van der Waals surface area (Å²) in [4.78, 5) is 26.9. The van der Waals surface area contributed by atoms with E-state index in [0.29, 0.717) is 12.1 Å². The van der Waals surface area contributed by atoms with Crippen molar-refractivity contribution in [3.63, 3.8) is 0 Å². The van der Waals surface area contributed by atoms with Crippen LogP contribution < -0.4 is 0 Å². The van der Waals surface area contributed by atoms with Crippen molar-refractivity contribution in [1.29, 1.82) is 10.5 Å². The molecule has 5 rings (SSSR count). The van der Waals surface area contributed by atoms with Crippen LogP contribution in [-0.4, -0.2) is 23.9 Å². The Morgan fingerprint density at radius 2 is 0.976 bits per heavy atom. The van der Waals surface area contributed by atoms with Gasteiger partial charge in [0.15, 0.2) is 0 Å². The fourth-order valence-corrected chi connectivity index (χ4v) is 7.02. The summed E-state index contributed by atoms with van der Waals surface area (Å²) in [5.41, 5.74) is -4.59. The summed E-state index contributed by atoms with van der Waals surface area (Å²) >= 11 is 0. The van der Waals surface area contributed by atoms with E-state index in [0.717, 1.165) is 12.1 Å². The summed E-state index contributed by atoms with van der Waals surface area (Å²) in [6.45, 7) is 0. The third-order valence-electron chi connectivity index (χ3n) is 8.68. The Morgan fingerprint density at radius 1 is 0.619 bits per heavy atom. The number of nitriles is 2. The van der Waals surface area contributed by atoms with Crippen LogP contribution in [0.4, 0.5) is 43.9 Å². The maximum Gasteiger partial charge on any atom is 0.419 e. The normalized spacial score (nSPS) is 34.5. The van der Waals surface area contributed by atoms with E-state index in [2.05, 4.69) is 0 Å². The van der Waals surface area contributed by atoms with Gasteiger partial charge in [0.05, 0.1) is 58.8 Å². The number of ketones is 2. The van der Waals surface area contributed by atoms with Crippen molar-refractivity contribution < 1.29 is 53.5 Å². The molecule has 3 aliphatic rings. The molecule has 8 atom stereocenters. The topological polar surface area (TPSA) is 81.7 Å². The third kappa shape index (κ3) is 4.26. The minimum Gasteiger partial charge on any atom is -0.299 e. The number of alkyl halides is 8. The zero-order valence-electron chi connectivity index (χ0n) is 20.7. The molecule has 0 bridgehead atoms. The highest BCUT2D eigenvalue weighted by atomic mass is 19.4. The molecule has 3 aliphatic carbocycles. The lowest BCUT2D eigenvalue weighted by molar-refractivity contribution is -0.140. The second-order valence-corrected chi connectivity index (χ2v) is 10.6. The molecule has 4 nitrogen and oxygen atoms in total. The van der Waals surface area contributed by atoms with E-state index < -0.39 is 117 Å². The number of nitrogens with zero attached hydrogens (tertiary/aromatic N) is 2. The first kappa shape index (κ1) is 29.5. The van der Waals surface area contributed by atoms with Gasteiger partial charge in [-0.15, -0.1) is 0 Å². The van der Waals surface area contributed by atoms with Crippen LogP contribution >= 0.6 is 0 Å².